The Balaban J connectivity index is 2.73. The number of ether oxygens (including phenoxy) is 1. The average molecular weight is 238 g/mol. The van der Waals surface area contributed by atoms with Crippen molar-refractivity contribution in [2.45, 2.75) is 26.0 Å². The van der Waals surface area contributed by atoms with Crippen molar-refractivity contribution in [1.82, 2.24) is 0 Å². The van der Waals surface area contributed by atoms with Crippen LogP contribution in [0.25, 0.3) is 0 Å². The lowest BCUT2D eigenvalue weighted by Gasteiger charge is -2.09. The van der Waals surface area contributed by atoms with Gasteiger partial charge in [-0.05, 0) is 24.3 Å². The van der Waals surface area contributed by atoms with Gasteiger partial charge in [0.2, 0.25) is 0 Å². The van der Waals surface area contributed by atoms with E-state index in [2.05, 4.69) is 13.8 Å². The summed E-state index contributed by atoms with van der Waals surface area (Å²) < 4.78 is 5.43. The first-order valence-corrected chi connectivity index (χ1v) is 6.56. The van der Waals surface area contributed by atoms with Crippen LogP contribution < -0.4 is 4.74 Å². The number of benzene rings is 1. The van der Waals surface area contributed by atoms with Crippen molar-refractivity contribution in [3.8, 4) is 5.75 Å². The minimum Gasteiger partial charge on any atom is -0.493 e. The monoisotopic (exact) mass is 238 g/mol. The summed E-state index contributed by atoms with van der Waals surface area (Å²) in [6.07, 6.45) is 0. The quantitative estimate of drug-likeness (QED) is 0.710. The zero-order chi connectivity index (χ0) is 12.0. The van der Waals surface area contributed by atoms with E-state index in [0.717, 1.165) is 0 Å². The summed E-state index contributed by atoms with van der Waals surface area (Å²) >= 11 is 1.66. The van der Waals surface area contributed by atoms with E-state index in [9.17, 15) is 4.79 Å². The van der Waals surface area contributed by atoms with Crippen molar-refractivity contribution in [3.05, 3.63) is 29.8 Å². The van der Waals surface area contributed by atoms with Crippen molar-refractivity contribution in [3.63, 3.8) is 0 Å². The number of hydrogen-bond acceptors (Lipinski definition) is 3. The third kappa shape index (κ3) is 3.89. The van der Waals surface area contributed by atoms with Gasteiger partial charge in [-0.25, -0.2) is 0 Å². The first kappa shape index (κ1) is 13.1. The Kier molecular flexibility index (Phi) is 5.39. The summed E-state index contributed by atoms with van der Waals surface area (Å²) in [4.78, 5) is 11.9. The van der Waals surface area contributed by atoms with E-state index >= 15 is 0 Å². The minimum atomic E-state index is 0.141. The molecule has 88 valence electrons. The van der Waals surface area contributed by atoms with Crippen LogP contribution in [0.3, 0.4) is 0 Å². The predicted octanol–water partition coefficient (Wildman–Crippen LogP) is 3.41. The van der Waals surface area contributed by atoms with Gasteiger partial charge in [0, 0.05) is 0 Å². The molecular weight excluding hydrogens is 220 g/mol. The lowest BCUT2D eigenvalue weighted by molar-refractivity contribution is 0.101. The Morgan fingerprint density at radius 1 is 1.38 bits per heavy atom. The first-order chi connectivity index (χ1) is 7.65. The van der Waals surface area contributed by atoms with Crippen LogP contribution in [0.4, 0.5) is 0 Å². The fourth-order valence-corrected chi connectivity index (χ4v) is 1.94. The normalized spacial score (nSPS) is 10.5. The molecule has 3 heteroatoms. The van der Waals surface area contributed by atoms with E-state index in [1.165, 1.54) is 0 Å². The van der Waals surface area contributed by atoms with E-state index in [4.69, 9.17) is 4.74 Å². The van der Waals surface area contributed by atoms with Crippen LogP contribution in [0.1, 0.15) is 31.1 Å². The van der Waals surface area contributed by atoms with E-state index in [1.807, 2.05) is 31.2 Å². The van der Waals surface area contributed by atoms with Crippen LogP contribution in [-0.2, 0) is 0 Å². The Morgan fingerprint density at radius 3 is 2.69 bits per heavy atom. The van der Waals surface area contributed by atoms with Gasteiger partial charge in [-0.2, -0.15) is 11.8 Å². The van der Waals surface area contributed by atoms with Gasteiger partial charge in [-0.15, -0.1) is 0 Å². The zero-order valence-corrected chi connectivity index (χ0v) is 10.8. The molecule has 0 aliphatic heterocycles. The van der Waals surface area contributed by atoms with Crippen LogP contribution in [0.2, 0.25) is 0 Å². The molecule has 0 amide bonds. The highest BCUT2D eigenvalue weighted by Gasteiger charge is 2.12. The van der Waals surface area contributed by atoms with Crippen molar-refractivity contribution in [1.29, 1.82) is 0 Å². The number of carbonyl (C=O) groups is 1. The van der Waals surface area contributed by atoms with E-state index in [-0.39, 0.29) is 5.78 Å². The lowest BCUT2D eigenvalue weighted by atomic mass is 10.1. The molecule has 0 spiro atoms. The fraction of sp³-hybridized carbons (Fsp3) is 0.462. The third-order valence-electron chi connectivity index (χ3n) is 2.04. The number of para-hydroxylation sites is 1. The predicted molar refractivity (Wildman–Crippen MR) is 69.5 cm³/mol. The van der Waals surface area contributed by atoms with Crippen LogP contribution in [-0.4, -0.2) is 23.4 Å². The minimum absolute atomic E-state index is 0.141. The van der Waals surface area contributed by atoms with Crippen molar-refractivity contribution >= 4 is 17.5 Å². The first-order valence-electron chi connectivity index (χ1n) is 5.51. The molecule has 16 heavy (non-hydrogen) atoms. The SMILES string of the molecule is CCOc1ccccc1C(=O)CSC(C)C. The van der Waals surface area contributed by atoms with Crippen LogP contribution in [0.15, 0.2) is 24.3 Å². The topological polar surface area (TPSA) is 26.3 Å². The van der Waals surface area contributed by atoms with Gasteiger partial charge in [0.05, 0.1) is 17.9 Å². The number of thioether (sulfide) groups is 1. The van der Waals surface area contributed by atoms with E-state index in [0.29, 0.717) is 28.9 Å². The molecule has 0 heterocycles. The Bertz CT molecular complexity index is 348. The Hall–Kier alpha value is -0.960. The van der Waals surface area contributed by atoms with Crippen LogP contribution >= 0.6 is 11.8 Å². The molecule has 1 aromatic carbocycles. The number of hydrogen-bond donors (Lipinski definition) is 0. The van der Waals surface area contributed by atoms with Gasteiger partial charge in [-0.1, -0.05) is 26.0 Å². The molecule has 0 radical (unpaired) electrons. The summed E-state index contributed by atoms with van der Waals surface area (Å²) in [6.45, 7) is 6.69. The summed E-state index contributed by atoms with van der Waals surface area (Å²) in [5.41, 5.74) is 0.692. The molecule has 0 atom stereocenters. The second-order valence-corrected chi connectivity index (χ2v) is 5.28. The highest BCUT2D eigenvalue weighted by molar-refractivity contribution is 8.00. The lowest BCUT2D eigenvalue weighted by Crippen LogP contribution is -2.07. The van der Waals surface area contributed by atoms with E-state index < -0.39 is 0 Å². The van der Waals surface area contributed by atoms with Gasteiger partial charge in [0.15, 0.2) is 5.78 Å². The smallest absolute Gasteiger partial charge is 0.176 e. The molecule has 0 bridgehead atoms. The number of ketones is 1. The summed E-state index contributed by atoms with van der Waals surface area (Å²) in [7, 11) is 0. The largest absolute Gasteiger partial charge is 0.493 e. The molecule has 0 unspecified atom stereocenters. The van der Waals surface area contributed by atoms with E-state index in [1.54, 1.807) is 11.8 Å². The number of rotatable bonds is 6. The molecule has 0 aliphatic carbocycles. The molecule has 0 saturated carbocycles. The maximum atomic E-state index is 11.9. The molecule has 0 saturated heterocycles. The standard InChI is InChI=1S/C13H18O2S/c1-4-15-13-8-6-5-7-11(13)12(14)9-16-10(2)3/h5-8,10H,4,9H2,1-3H3. The van der Waals surface area contributed by atoms with Crippen LogP contribution in [0, 0.1) is 0 Å². The molecule has 1 rings (SSSR count). The van der Waals surface area contributed by atoms with Crippen molar-refractivity contribution in [2.75, 3.05) is 12.4 Å². The molecular formula is C13H18O2S. The molecule has 2 nitrogen and oxygen atoms in total. The molecule has 0 aliphatic rings. The maximum absolute atomic E-state index is 11.9. The van der Waals surface area contributed by atoms with Gasteiger partial charge in [0.1, 0.15) is 5.75 Å². The van der Waals surface area contributed by atoms with Gasteiger partial charge in [-0.3, -0.25) is 4.79 Å². The second kappa shape index (κ2) is 6.59. The summed E-state index contributed by atoms with van der Waals surface area (Å²) in [5.74, 6) is 1.35. The van der Waals surface area contributed by atoms with Crippen molar-refractivity contribution < 1.29 is 9.53 Å². The third-order valence-corrected chi connectivity index (χ3v) is 3.13. The van der Waals surface area contributed by atoms with Crippen LogP contribution in [0.5, 0.6) is 5.75 Å². The Labute approximate surface area is 101 Å². The van der Waals surface area contributed by atoms with Gasteiger partial charge < -0.3 is 4.74 Å². The second-order valence-electron chi connectivity index (χ2n) is 3.71. The fourth-order valence-electron chi connectivity index (χ4n) is 1.30. The summed E-state index contributed by atoms with van der Waals surface area (Å²) in [5, 5.41) is 0.475. The number of Topliss-reactive ketones (excluding diaryl/α,β-unsaturated/α-hetero) is 1. The zero-order valence-electron chi connectivity index (χ0n) is 10.0. The molecule has 0 fully saturated rings. The number of carbonyl (C=O) groups excluding carboxylic acids is 1. The maximum Gasteiger partial charge on any atom is 0.176 e. The molecule has 0 aromatic heterocycles. The molecule has 0 N–H and O–H groups in total. The highest BCUT2D eigenvalue weighted by atomic mass is 32.2. The molecule has 1 aromatic rings. The average Bonchev–Trinajstić information content (AvgIpc) is 2.27. The summed E-state index contributed by atoms with van der Waals surface area (Å²) in [6, 6.07) is 7.43. The van der Waals surface area contributed by atoms with Gasteiger partial charge >= 0.3 is 0 Å². The highest BCUT2D eigenvalue weighted by Crippen LogP contribution is 2.21. The van der Waals surface area contributed by atoms with Gasteiger partial charge in [0.25, 0.3) is 0 Å². The van der Waals surface area contributed by atoms with Crippen molar-refractivity contribution in [2.24, 2.45) is 0 Å². The Morgan fingerprint density at radius 2 is 2.06 bits per heavy atom.